The van der Waals surface area contributed by atoms with Crippen molar-refractivity contribution < 1.29 is 0 Å². The first-order valence-electron chi connectivity index (χ1n) is 5.92. The van der Waals surface area contributed by atoms with E-state index in [-0.39, 0.29) is 0 Å². The average Bonchev–Trinajstić information content (AvgIpc) is 2.81. The van der Waals surface area contributed by atoms with Crippen LogP contribution in [0.4, 0.5) is 11.4 Å². The SMILES string of the molecule is CCCN(Cc1cccs1)c1cccc(N)c1. The Kier molecular flexibility index (Phi) is 4.04. The van der Waals surface area contributed by atoms with Crippen molar-refractivity contribution in [2.24, 2.45) is 0 Å². The van der Waals surface area contributed by atoms with Crippen molar-refractivity contribution in [3.8, 4) is 0 Å². The fraction of sp³-hybridized carbons (Fsp3) is 0.286. The second-order valence-corrected chi connectivity index (χ2v) is 5.13. The van der Waals surface area contributed by atoms with Gasteiger partial charge < -0.3 is 10.6 Å². The van der Waals surface area contributed by atoms with Gasteiger partial charge in [-0.3, -0.25) is 0 Å². The highest BCUT2D eigenvalue weighted by molar-refractivity contribution is 7.09. The van der Waals surface area contributed by atoms with Gasteiger partial charge >= 0.3 is 0 Å². The summed E-state index contributed by atoms with van der Waals surface area (Å²) in [5.74, 6) is 0. The second kappa shape index (κ2) is 5.73. The molecule has 3 heteroatoms. The van der Waals surface area contributed by atoms with Crippen LogP contribution in [0.15, 0.2) is 41.8 Å². The molecule has 0 unspecified atom stereocenters. The Morgan fingerprint density at radius 2 is 2.12 bits per heavy atom. The third-order valence-corrected chi connectivity index (χ3v) is 3.52. The molecule has 0 saturated heterocycles. The molecule has 0 spiro atoms. The first kappa shape index (κ1) is 12.0. The second-order valence-electron chi connectivity index (χ2n) is 4.10. The van der Waals surface area contributed by atoms with Crippen LogP contribution >= 0.6 is 11.3 Å². The third kappa shape index (κ3) is 3.24. The first-order valence-corrected chi connectivity index (χ1v) is 6.80. The molecule has 0 aliphatic heterocycles. The van der Waals surface area contributed by atoms with E-state index in [1.165, 1.54) is 10.6 Å². The largest absolute Gasteiger partial charge is 0.399 e. The summed E-state index contributed by atoms with van der Waals surface area (Å²) in [4.78, 5) is 3.77. The minimum absolute atomic E-state index is 0.829. The zero-order valence-corrected chi connectivity index (χ0v) is 10.9. The number of anilines is 2. The van der Waals surface area contributed by atoms with Gasteiger partial charge in [0.2, 0.25) is 0 Å². The summed E-state index contributed by atoms with van der Waals surface area (Å²) in [6.45, 7) is 4.23. The van der Waals surface area contributed by atoms with Gasteiger partial charge in [0.15, 0.2) is 0 Å². The number of hydrogen-bond acceptors (Lipinski definition) is 3. The van der Waals surface area contributed by atoms with Crippen molar-refractivity contribution in [3.05, 3.63) is 46.7 Å². The van der Waals surface area contributed by atoms with Crippen LogP contribution in [-0.4, -0.2) is 6.54 Å². The zero-order chi connectivity index (χ0) is 12.1. The molecular formula is C14H18N2S. The van der Waals surface area contributed by atoms with Crippen LogP contribution in [0, 0.1) is 0 Å². The standard InChI is InChI=1S/C14H18N2S/c1-2-8-16(11-14-7-4-9-17-14)13-6-3-5-12(15)10-13/h3-7,9-10H,2,8,11,15H2,1H3. The Balaban J connectivity index is 2.16. The van der Waals surface area contributed by atoms with Gasteiger partial charge in [-0.25, -0.2) is 0 Å². The van der Waals surface area contributed by atoms with E-state index in [0.29, 0.717) is 0 Å². The van der Waals surface area contributed by atoms with Gasteiger partial charge in [-0.15, -0.1) is 11.3 Å². The van der Waals surface area contributed by atoms with E-state index in [1.807, 2.05) is 18.2 Å². The molecule has 0 atom stereocenters. The monoisotopic (exact) mass is 246 g/mol. The van der Waals surface area contributed by atoms with Gasteiger partial charge in [0.05, 0.1) is 6.54 Å². The molecular weight excluding hydrogens is 228 g/mol. The minimum atomic E-state index is 0.829. The topological polar surface area (TPSA) is 29.3 Å². The molecule has 17 heavy (non-hydrogen) atoms. The fourth-order valence-corrected chi connectivity index (χ4v) is 2.60. The van der Waals surface area contributed by atoms with E-state index < -0.39 is 0 Å². The summed E-state index contributed by atoms with van der Waals surface area (Å²) in [7, 11) is 0. The Morgan fingerprint density at radius 1 is 1.24 bits per heavy atom. The molecule has 0 bridgehead atoms. The number of nitrogens with two attached hydrogens (primary N) is 1. The Morgan fingerprint density at radius 3 is 2.76 bits per heavy atom. The summed E-state index contributed by atoms with van der Waals surface area (Å²) in [6, 6.07) is 12.4. The molecule has 2 nitrogen and oxygen atoms in total. The van der Waals surface area contributed by atoms with Crippen LogP contribution in [0.5, 0.6) is 0 Å². The molecule has 1 aromatic carbocycles. The van der Waals surface area contributed by atoms with E-state index >= 15 is 0 Å². The average molecular weight is 246 g/mol. The van der Waals surface area contributed by atoms with E-state index in [4.69, 9.17) is 5.73 Å². The van der Waals surface area contributed by atoms with Gasteiger partial charge in [0.25, 0.3) is 0 Å². The van der Waals surface area contributed by atoms with Crippen molar-refractivity contribution in [3.63, 3.8) is 0 Å². The molecule has 90 valence electrons. The molecule has 1 heterocycles. The maximum Gasteiger partial charge on any atom is 0.0522 e. The lowest BCUT2D eigenvalue weighted by Gasteiger charge is -2.24. The van der Waals surface area contributed by atoms with Crippen molar-refractivity contribution in [1.29, 1.82) is 0 Å². The lowest BCUT2D eigenvalue weighted by molar-refractivity contribution is 0.774. The Labute approximate surface area is 107 Å². The lowest BCUT2D eigenvalue weighted by Crippen LogP contribution is -2.22. The molecule has 0 amide bonds. The summed E-state index contributed by atoms with van der Waals surface area (Å²) in [5.41, 5.74) is 7.88. The van der Waals surface area contributed by atoms with E-state index in [9.17, 15) is 0 Å². The predicted octanol–water partition coefficient (Wildman–Crippen LogP) is 3.75. The molecule has 2 rings (SSSR count). The smallest absolute Gasteiger partial charge is 0.0522 e. The lowest BCUT2D eigenvalue weighted by atomic mass is 10.2. The van der Waals surface area contributed by atoms with Crippen molar-refractivity contribution in [1.82, 2.24) is 0 Å². The number of hydrogen-bond donors (Lipinski definition) is 1. The number of rotatable bonds is 5. The van der Waals surface area contributed by atoms with Crippen LogP contribution in [0.2, 0.25) is 0 Å². The number of nitrogen functional groups attached to an aromatic ring is 1. The van der Waals surface area contributed by atoms with Crippen LogP contribution in [0.1, 0.15) is 18.2 Å². The zero-order valence-electron chi connectivity index (χ0n) is 10.1. The Hall–Kier alpha value is -1.48. The molecule has 2 N–H and O–H groups in total. The Bertz CT molecular complexity index is 451. The fourth-order valence-electron chi connectivity index (χ4n) is 1.88. The summed E-state index contributed by atoms with van der Waals surface area (Å²) < 4.78 is 0. The highest BCUT2D eigenvalue weighted by Crippen LogP contribution is 2.21. The van der Waals surface area contributed by atoms with Crippen molar-refractivity contribution >= 4 is 22.7 Å². The molecule has 0 aliphatic carbocycles. The van der Waals surface area contributed by atoms with Crippen LogP contribution in [-0.2, 0) is 6.54 Å². The molecule has 0 fully saturated rings. The van der Waals surface area contributed by atoms with Crippen LogP contribution in [0.25, 0.3) is 0 Å². The number of thiophene rings is 1. The van der Waals surface area contributed by atoms with Crippen LogP contribution < -0.4 is 10.6 Å². The molecule has 2 aromatic rings. The molecule has 0 saturated carbocycles. The van der Waals surface area contributed by atoms with Gasteiger partial charge in [-0.1, -0.05) is 19.1 Å². The number of nitrogens with zero attached hydrogens (tertiary/aromatic N) is 1. The van der Waals surface area contributed by atoms with Crippen LogP contribution in [0.3, 0.4) is 0 Å². The maximum absolute atomic E-state index is 5.84. The van der Waals surface area contributed by atoms with Crippen molar-refractivity contribution in [2.45, 2.75) is 19.9 Å². The van der Waals surface area contributed by atoms with E-state index in [2.05, 4.69) is 35.4 Å². The minimum Gasteiger partial charge on any atom is -0.399 e. The van der Waals surface area contributed by atoms with Gasteiger partial charge in [-0.05, 0) is 36.1 Å². The molecule has 0 aliphatic rings. The van der Waals surface area contributed by atoms with Crippen molar-refractivity contribution in [2.75, 3.05) is 17.2 Å². The maximum atomic E-state index is 5.84. The van der Waals surface area contributed by atoms with Gasteiger partial charge in [0, 0.05) is 22.8 Å². The summed E-state index contributed by atoms with van der Waals surface area (Å²) >= 11 is 1.80. The van der Waals surface area contributed by atoms with Gasteiger partial charge in [0.1, 0.15) is 0 Å². The quantitative estimate of drug-likeness (QED) is 0.814. The number of benzene rings is 1. The predicted molar refractivity (Wildman–Crippen MR) is 76.5 cm³/mol. The van der Waals surface area contributed by atoms with Gasteiger partial charge in [-0.2, -0.15) is 0 Å². The van der Waals surface area contributed by atoms with E-state index in [1.54, 1.807) is 11.3 Å². The van der Waals surface area contributed by atoms with E-state index in [0.717, 1.165) is 25.2 Å². The third-order valence-electron chi connectivity index (χ3n) is 2.66. The molecule has 0 radical (unpaired) electrons. The summed E-state index contributed by atoms with van der Waals surface area (Å²) in [5, 5.41) is 2.12. The normalized spacial score (nSPS) is 10.4. The highest BCUT2D eigenvalue weighted by atomic mass is 32.1. The summed E-state index contributed by atoms with van der Waals surface area (Å²) in [6.07, 6.45) is 1.14. The highest BCUT2D eigenvalue weighted by Gasteiger charge is 2.07. The molecule has 1 aromatic heterocycles. The first-order chi connectivity index (χ1) is 8.29.